The molecule has 0 spiro atoms. The smallest absolute Gasteiger partial charge is 0.245 e. The highest BCUT2D eigenvalue weighted by Gasteiger charge is 2.05. The molecule has 2 rings (SSSR count). The maximum atomic E-state index is 9.00. The molecule has 1 heterocycles. The van der Waals surface area contributed by atoms with E-state index in [0.29, 0.717) is 23.8 Å². The number of benzene rings is 1. The number of hydrogen-bond donors (Lipinski definition) is 1. The fourth-order valence-corrected chi connectivity index (χ4v) is 1.49. The lowest BCUT2D eigenvalue weighted by atomic mass is 10.1. The van der Waals surface area contributed by atoms with Crippen LogP contribution in [-0.4, -0.2) is 10.1 Å². The molecular formula is C12H12N4O. The molecule has 0 unspecified atom stereocenters. The van der Waals surface area contributed by atoms with Gasteiger partial charge >= 0.3 is 0 Å². The number of nitriles is 1. The van der Waals surface area contributed by atoms with Crippen LogP contribution in [0.1, 0.15) is 22.8 Å². The van der Waals surface area contributed by atoms with E-state index in [9.17, 15) is 0 Å². The van der Waals surface area contributed by atoms with Crippen molar-refractivity contribution < 1.29 is 4.52 Å². The monoisotopic (exact) mass is 228 g/mol. The summed E-state index contributed by atoms with van der Waals surface area (Å²) in [6.45, 7) is 4.13. The Morgan fingerprint density at radius 2 is 2.24 bits per heavy atom. The molecule has 0 atom stereocenters. The van der Waals surface area contributed by atoms with Crippen LogP contribution in [0, 0.1) is 25.2 Å². The summed E-state index contributed by atoms with van der Waals surface area (Å²) in [5.41, 5.74) is 2.44. The molecule has 0 aliphatic carbocycles. The van der Waals surface area contributed by atoms with E-state index in [1.54, 1.807) is 6.92 Å². The lowest BCUT2D eigenvalue weighted by Crippen LogP contribution is -2.01. The third kappa shape index (κ3) is 2.61. The first kappa shape index (κ1) is 11.1. The molecule has 0 saturated heterocycles. The van der Waals surface area contributed by atoms with Crippen LogP contribution < -0.4 is 5.32 Å². The van der Waals surface area contributed by atoms with Gasteiger partial charge in [-0.15, -0.1) is 0 Å². The topological polar surface area (TPSA) is 74.7 Å². The number of hydrogen-bond acceptors (Lipinski definition) is 5. The van der Waals surface area contributed by atoms with Crippen LogP contribution in [0.4, 0.5) is 5.69 Å². The number of anilines is 1. The average molecular weight is 228 g/mol. The Labute approximate surface area is 99.1 Å². The fourth-order valence-electron chi connectivity index (χ4n) is 1.49. The van der Waals surface area contributed by atoms with Crippen LogP contribution >= 0.6 is 0 Å². The molecule has 17 heavy (non-hydrogen) atoms. The third-order valence-electron chi connectivity index (χ3n) is 2.30. The number of aryl methyl sites for hydroxylation is 2. The molecule has 1 aromatic heterocycles. The predicted molar refractivity (Wildman–Crippen MR) is 62.3 cm³/mol. The van der Waals surface area contributed by atoms with Gasteiger partial charge in [-0.1, -0.05) is 11.2 Å². The number of rotatable bonds is 3. The van der Waals surface area contributed by atoms with E-state index in [1.807, 2.05) is 25.1 Å². The first-order valence-corrected chi connectivity index (χ1v) is 5.23. The zero-order valence-corrected chi connectivity index (χ0v) is 9.69. The Morgan fingerprint density at radius 1 is 1.41 bits per heavy atom. The summed E-state index contributed by atoms with van der Waals surface area (Å²) in [7, 11) is 0. The first-order valence-electron chi connectivity index (χ1n) is 5.23. The van der Waals surface area contributed by atoms with Crippen molar-refractivity contribution in [1.82, 2.24) is 10.1 Å². The molecule has 5 heteroatoms. The van der Waals surface area contributed by atoms with Gasteiger partial charge in [-0.25, -0.2) is 0 Å². The van der Waals surface area contributed by atoms with Crippen molar-refractivity contribution in [3.05, 3.63) is 41.0 Å². The standard InChI is InChI=1S/C12H12N4O/c1-8-3-4-11(10(5-8)6-13)14-7-12-15-9(2)16-17-12/h3-5,14H,7H2,1-2H3. The van der Waals surface area contributed by atoms with Crippen molar-refractivity contribution in [2.24, 2.45) is 0 Å². The maximum Gasteiger partial charge on any atom is 0.245 e. The lowest BCUT2D eigenvalue weighted by molar-refractivity contribution is 0.379. The van der Waals surface area contributed by atoms with Crippen LogP contribution in [0.2, 0.25) is 0 Å². The van der Waals surface area contributed by atoms with Crippen molar-refractivity contribution in [1.29, 1.82) is 5.26 Å². The Hall–Kier alpha value is -2.35. The SMILES string of the molecule is Cc1ccc(NCc2nc(C)no2)c(C#N)c1. The van der Waals surface area contributed by atoms with E-state index >= 15 is 0 Å². The van der Waals surface area contributed by atoms with E-state index < -0.39 is 0 Å². The highest BCUT2D eigenvalue weighted by atomic mass is 16.5. The van der Waals surface area contributed by atoms with Gasteiger partial charge in [0, 0.05) is 0 Å². The zero-order chi connectivity index (χ0) is 12.3. The van der Waals surface area contributed by atoms with Gasteiger partial charge in [0.1, 0.15) is 6.07 Å². The zero-order valence-electron chi connectivity index (χ0n) is 9.69. The molecule has 0 saturated carbocycles. The summed E-state index contributed by atoms with van der Waals surface area (Å²) in [5, 5.41) is 15.8. The van der Waals surface area contributed by atoms with Crippen molar-refractivity contribution in [2.45, 2.75) is 20.4 Å². The number of nitrogens with one attached hydrogen (secondary N) is 1. The van der Waals surface area contributed by atoms with E-state index in [2.05, 4.69) is 21.5 Å². The van der Waals surface area contributed by atoms with Gasteiger partial charge in [-0.05, 0) is 31.5 Å². The summed E-state index contributed by atoms with van der Waals surface area (Å²) in [6, 6.07) is 7.80. The summed E-state index contributed by atoms with van der Waals surface area (Å²) < 4.78 is 4.98. The van der Waals surface area contributed by atoms with Crippen molar-refractivity contribution in [2.75, 3.05) is 5.32 Å². The van der Waals surface area contributed by atoms with E-state index in [4.69, 9.17) is 9.78 Å². The minimum Gasteiger partial charge on any atom is -0.375 e. The molecule has 1 aromatic carbocycles. The number of nitrogens with zero attached hydrogens (tertiary/aromatic N) is 3. The quantitative estimate of drug-likeness (QED) is 0.871. The minimum absolute atomic E-state index is 0.415. The molecule has 0 aliphatic rings. The Morgan fingerprint density at radius 3 is 2.88 bits per heavy atom. The van der Waals surface area contributed by atoms with Crippen LogP contribution in [0.3, 0.4) is 0 Å². The van der Waals surface area contributed by atoms with Crippen molar-refractivity contribution in [3.8, 4) is 6.07 Å². The second kappa shape index (κ2) is 4.66. The Balaban J connectivity index is 2.12. The highest BCUT2D eigenvalue weighted by molar-refractivity contribution is 5.58. The summed E-state index contributed by atoms with van der Waals surface area (Å²) in [4.78, 5) is 4.08. The maximum absolute atomic E-state index is 9.00. The third-order valence-corrected chi connectivity index (χ3v) is 2.30. The molecule has 86 valence electrons. The molecule has 0 amide bonds. The second-order valence-electron chi connectivity index (χ2n) is 3.75. The fraction of sp³-hybridized carbons (Fsp3) is 0.250. The minimum atomic E-state index is 0.415. The van der Waals surface area contributed by atoms with Crippen LogP contribution in [0.15, 0.2) is 22.7 Å². The van der Waals surface area contributed by atoms with E-state index in [-0.39, 0.29) is 0 Å². The lowest BCUT2D eigenvalue weighted by Gasteiger charge is -2.06. The Bertz CT molecular complexity index is 568. The predicted octanol–water partition coefficient (Wildman–Crippen LogP) is 2.17. The van der Waals surface area contributed by atoms with Gasteiger partial charge in [-0.3, -0.25) is 0 Å². The molecule has 0 aliphatic heterocycles. The summed E-state index contributed by atoms with van der Waals surface area (Å²) in [5.74, 6) is 1.11. The Kier molecular flexibility index (Phi) is 3.06. The van der Waals surface area contributed by atoms with E-state index in [1.165, 1.54) is 0 Å². The van der Waals surface area contributed by atoms with Gasteiger partial charge in [0.05, 0.1) is 17.8 Å². The van der Waals surface area contributed by atoms with Gasteiger partial charge in [0.25, 0.3) is 0 Å². The molecule has 0 bridgehead atoms. The normalized spacial score (nSPS) is 9.94. The van der Waals surface area contributed by atoms with Gasteiger partial charge in [0.15, 0.2) is 5.82 Å². The average Bonchev–Trinajstić information content (AvgIpc) is 2.73. The van der Waals surface area contributed by atoms with Gasteiger partial charge in [-0.2, -0.15) is 10.2 Å². The van der Waals surface area contributed by atoms with Crippen LogP contribution in [-0.2, 0) is 6.54 Å². The molecule has 0 radical (unpaired) electrons. The molecule has 1 N–H and O–H groups in total. The summed E-state index contributed by atoms with van der Waals surface area (Å²) >= 11 is 0. The number of aromatic nitrogens is 2. The molecule has 2 aromatic rings. The molecular weight excluding hydrogens is 216 g/mol. The van der Waals surface area contributed by atoms with Crippen LogP contribution in [0.25, 0.3) is 0 Å². The van der Waals surface area contributed by atoms with E-state index in [0.717, 1.165) is 11.3 Å². The van der Waals surface area contributed by atoms with Crippen molar-refractivity contribution in [3.63, 3.8) is 0 Å². The van der Waals surface area contributed by atoms with Crippen LogP contribution in [0.5, 0.6) is 0 Å². The molecule has 0 fully saturated rings. The summed E-state index contributed by atoms with van der Waals surface area (Å²) in [6.07, 6.45) is 0. The second-order valence-corrected chi connectivity index (χ2v) is 3.75. The molecule has 5 nitrogen and oxygen atoms in total. The first-order chi connectivity index (χ1) is 8.19. The van der Waals surface area contributed by atoms with Crippen molar-refractivity contribution >= 4 is 5.69 Å². The van der Waals surface area contributed by atoms with Gasteiger partial charge in [0.2, 0.25) is 5.89 Å². The largest absolute Gasteiger partial charge is 0.375 e. The highest BCUT2D eigenvalue weighted by Crippen LogP contribution is 2.16. The van der Waals surface area contributed by atoms with Gasteiger partial charge < -0.3 is 9.84 Å².